The molecular weight excluding hydrogens is 322 g/mol. The van der Waals surface area contributed by atoms with Gasteiger partial charge in [0.1, 0.15) is 0 Å². The molecule has 0 aliphatic carbocycles. The zero-order valence-electron chi connectivity index (χ0n) is 13.3. The molecule has 24 heavy (non-hydrogen) atoms. The fourth-order valence-corrected chi connectivity index (χ4v) is 3.14. The van der Waals surface area contributed by atoms with E-state index in [2.05, 4.69) is 15.5 Å². The van der Waals surface area contributed by atoms with Crippen LogP contribution in [0.3, 0.4) is 0 Å². The first-order valence-electron chi connectivity index (χ1n) is 7.74. The summed E-state index contributed by atoms with van der Waals surface area (Å²) in [7, 11) is 0. The molecule has 0 aliphatic rings. The van der Waals surface area contributed by atoms with Crippen LogP contribution in [0.4, 0.5) is 0 Å². The number of hydrogen-bond donors (Lipinski definition) is 3. The third-order valence-corrected chi connectivity index (χ3v) is 4.60. The van der Waals surface area contributed by atoms with E-state index in [0.717, 1.165) is 11.1 Å². The Bertz CT molecular complexity index is 784. The zero-order chi connectivity index (χ0) is 16.9. The second-order valence-corrected chi connectivity index (χ2v) is 6.47. The van der Waals surface area contributed by atoms with Gasteiger partial charge in [-0.3, -0.25) is 9.89 Å². The molecule has 124 valence electrons. The predicted octanol–water partition coefficient (Wildman–Crippen LogP) is 2.86. The Kier molecular flexibility index (Phi) is 5.08. The molecule has 0 saturated carbocycles. The topological polar surface area (TPSA) is 78.0 Å². The molecule has 3 aromatic rings. The summed E-state index contributed by atoms with van der Waals surface area (Å²) < 4.78 is 0. The molecule has 3 N–H and O–H groups in total. The van der Waals surface area contributed by atoms with Crippen molar-refractivity contribution in [3.8, 4) is 11.3 Å². The maximum absolute atomic E-state index is 12.5. The summed E-state index contributed by atoms with van der Waals surface area (Å²) in [6.07, 6.45) is 1.34. The lowest BCUT2D eigenvalue weighted by molar-refractivity contribution is 0.0852. The molecule has 5 nitrogen and oxygen atoms in total. The summed E-state index contributed by atoms with van der Waals surface area (Å²) in [5, 5.41) is 23.9. The maximum atomic E-state index is 12.5. The van der Waals surface area contributed by atoms with Crippen molar-refractivity contribution < 1.29 is 9.90 Å². The van der Waals surface area contributed by atoms with Crippen molar-refractivity contribution in [2.24, 2.45) is 0 Å². The fraction of sp³-hybridized carbons (Fsp3) is 0.222. The van der Waals surface area contributed by atoms with E-state index >= 15 is 0 Å². The molecule has 6 heteroatoms. The quantitative estimate of drug-likeness (QED) is 0.645. The van der Waals surface area contributed by atoms with Crippen LogP contribution in [0.2, 0.25) is 0 Å². The van der Waals surface area contributed by atoms with Gasteiger partial charge in [0.2, 0.25) is 0 Å². The predicted molar refractivity (Wildman–Crippen MR) is 95.0 cm³/mol. The van der Waals surface area contributed by atoms with Crippen molar-refractivity contribution in [3.63, 3.8) is 0 Å². The van der Waals surface area contributed by atoms with Gasteiger partial charge in [-0.05, 0) is 23.9 Å². The number of benzene rings is 1. The first-order chi connectivity index (χ1) is 11.6. The molecule has 0 spiro atoms. The normalized spacial score (nSPS) is 13.4. The molecule has 2 atom stereocenters. The van der Waals surface area contributed by atoms with Gasteiger partial charge >= 0.3 is 0 Å². The van der Waals surface area contributed by atoms with Crippen LogP contribution in [0.5, 0.6) is 0 Å². The third-order valence-electron chi connectivity index (χ3n) is 3.92. The number of aliphatic hydroxyl groups is 1. The second kappa shape index (κ2) is 7.42. The van der Waals surface area contributed by atoms with Gasteiger partial charge in [-0.2, -0.15) is 16.4 Å². The number of hydrogen-bond acceptors (Lipinski definition) is 4. The zero-order valence-corrected chi connectivity index (χ0v) is 14.1. The average molecular weight is 341 g/mol. The maximum Gasteiger partial charge on any atom is 0.255 e. The highest BCUT2D eigenvalue weighted by Gasteiger charge is 2.21. The van der Waals surface area contributed by atoms with Gasteiger partial charge in [-0.15, -0.1) is 0 Å². The van der Waals surface area contributed by atoms with Crippen molar-refractivity contribution in [3.05, 3.63) is 64.5 Å². The molecule has 1 aromatic carbocycles. The SMILES string of the molecule is CC(NC(=O)c1cn[nH]c1-c1ccsc1)C(O)Cc1ccccc1. The Morgan fingerprint density at radius 3 is 2.83 bits per heavy atom. The van der Waals surface area contributed by atoms with Gasteiger partial charge in [0.05, 0.1) is 29.6 Å². The van der Waals surface area contributed by atoms with Crippen LogP contribution in [0.1, 0.15) is 22.8 Å². The Balaban J connectivity index is 1.65. The molecule has 2 aromatic heterocycles. The molecule has 0 aliphatic heterocycles. The van der Waals surface area contributed by atoms with Gasteiger partial charge in [0.15, 0.2) is 0 Å². The highest BCUT2D eigenvalue weighted by molar-refractivity contribution is 7.08. The Hall–Kier alpha value is -2.44. The monoisotopic (exact) mass is 341 g/mol. The van der Waals surface area contributed by atoms with Crippen molar-refractivity contribution in [1.29, 1.82) is 0 Å². The van der Waals surface area contributed by atoms with E-state index in [4.69, 9.17) is 0 Å². The fourth-order valence-electron chi connectivity index (χ4n) is 2.50. The minimum absolute atomic E-state index is 0.246. The molecule has 2 heterocycles. The molecule has 1 amide bonds. The highest BCUT2D eigenvalue weighted by atomic mass is 32.1. The van der Waals surface area contributed by atoms with E-state index in [0.29, 0.717) is 17.7 Å². The number of aromatic amines is 1. The highest BCUT2D eigenvalue weighted by Crippen LogP contribution is 2.23. The van der Waals surface area contributed by atoms with E-state index in [1.54, 1.807) is 18.3 Å². The number of carbonyl (C=O) groups is 1. The lowest BCUT2D eigenvalue weighted by Crippen LogP contribution is -2.42. The minimum atomic E-state index is -0.659. The summed E-state index contributed by atoms with van der Waals surface area (Å²) in [6.45, 7) is 1.80. The van der Waals surface area contributed by atoms with Crippen LogP contribution in [0.15, 0.2) is 53.4 Å². The van der Waals surface area contributed by atoms with E-state index < -0.39 is 6.10 Å². The van der Waals surface area contributed by atoms with Crippen LogP contribution in [-0.2, 0) is 6.42 Å². The van der Waals surface area contributed by atoms with E-state index in [1.165, 1.54) is 6.20 Å². The Morgan fingerprint density at radius 1 is 1.33 bits per heavy atom. The van der Waals surface area contributed by atoms with Gasteiger partial charge in [0, 0.05) is 17.4 Å². The summed E-state index contributed by atoms with van der Waals surface area (Å²) in [4.78, 5) is 12.5. The molecular formula is C18H19N3O2S. The van der Waals surface area contributed by atoms with Crippen LogP contribution in [0.25, 0.3) is 11.3 Å². The number of thiophene rings is 1. The number of aliphatic hydroxyl groups excluding tert-OH is 1. The molecule has 0 fully saturated rings. The van der Waals surface area contributed by atoms with Crippen LogP contribution in [-0.4, -0.2) is 33.4 Å². The molecule has 0 saturated heterocycles. The Morgan fingerprint density at radius 2 is 2.12 bits per heavy atom. The van der Waals surface area contributed by atoms with Gasteiger partial charge in [-0.25, -0.2) is 0 Å². The van der Waals surface area contributed by atoms with Crippen molar-refractivity contribution in [2.75, 3.05) is 0 Å². The number of nitrogens with zero attached hydrogens (tertiary/aromatic N) is 1. The summed E-state index contributed by atoms with van der Waals surface area (Å²) >= 11 is 1.56. The second-order valence-electron chi connectivity index (χ2n) is 5.69. The number of H-pyrrole nitrogens is 1. The lowest BCUT2D eigenvalue weighted by Gasteiger charge is -2.20. The smallest absolute Gasteiger partial charge is 0.255 e. The van der Waals surface area contributed by atoms with Crippen molar-refractivity contribution in [2.45, 2.75) is 25.5 Å². The minimum Gasteiger partial charge on any atom is -0.391 e. The molecule has 0 radical (unpaired) electrons. The molecule has 2 unspecified atom stereocenters. The number of carbonyl (C=O) groups excluding carboxylic acids is 1. The summed E-state index contributed by atoms with van der Waals surface area (Å²) in [5.74, 6) is -0.246. The first kappa shape index (κ1) is 16.4. The standard InChI is InChI=1S/C18H19N3O2S/c1-12(16(22)9-13-5-3-2-4-6-13)20-18(23)15-10-19-21-17(15)14-7-8-24-11-14/h2-8,10-12,16,22H,9H2,1H3,(H,19,21)(H,20,23). The van der Waals surface area contributed by atoms with E-state index in [1.807, 2.05) is 47.2 Å². The van der Waals surface area contributed by atoms with Crippen molar-refractivity contribution >= 4 is 17.2 Å². The molecule has 3 rings (SSSR count). The number of amides is 1. The third kappa shape index (κ3) is 3.72. The summed E-state index contributed by atoms with van der Waals surface area (Å²) in [6, 6.07) is 11.3. The Labute approximate surface area is 144 Å². The van der Waals surface area contributed by atoms with Gasteiger partial charge < -0.3 is 10.4 Å². The number of rotatable bonds is 6. The van der Waals surface area contributed by atoms with E-state index in [-0.39, 0.29) is 11.9 Å². The van der Waals surface area contributed by atoms with Crippen molar-refractivity contribution in [1.82, 2.24) is 15.5 Å². The average Bonchev–Trinajstić information content (AvgIpc) is 3.26. The van der Waals surface area contributed by atoms with E-state index in [9.17, 15) is 9.90 Å². The van der Waals surface area contributed by atoms with Crippen LogP contribution >= 0.6 is 11.3 Å². The lowest BCUT2D eigenvalue weighted by atomic mass is 10.0. The number of aromatic nitrogens is 2. The summed E-state index contributed by atoms with van der Waals surface area (Å²) in [5.41, 5.74) is 3.14. The van der Waals surface area contributed by atoms with Gasteiger partial charge in [-0.1, -0.05) is 30.3 Å². The first-order valence-corrected chi connectivity index (χ1v) is 8.68. The van der Waals surface area contributed by atoms with Gasteiger partial charge in [0.25, 0.3) is 5.91 Å². The molecule has 0 bridgehead atoms. The van der Waals surface area contributed by atoms with Crippen LogP contribution < -0.4 is 5.32 Å². The largest absolute Gasteiger partial charge is 0.391 e. The van der Waals surface area contributed by atoms with Crippen LogP contribution in [0, 0.1) is 0 Å². The number of nitrogens with one attached hydrogen (secondary N) is 2.